The second kappa shape index (κ2) is 11.6. The first kappa shape index (κ1) is 25.1. The Morgan fingerprint density at radius 1 is 1.14 bits per heavy atom. The Morgan fingerprint density at radius 3 is 2.60 bits per heavy atom. The number of aromatic nitrogens is 1. The second-order valence-corrected chi connectivity index (χ2v) is 8.99. The Balaban J connectivity index is 1.36. The van der Waals surface area contributed by atoms with Crippen molar-refractivity contribution in [3.63, 3.8) is 0 Å². The molecule has 0 saturated carbocycles. The molecule has 2 aliphatic heterocycles. The molecule has 1 aromatic heterocycles. The Morgan fingerprint density at radius 2 is 1.94 bits per heavy atom. The van der Waals surface area contributed by atoms with Gasteiger partial charge in [0.25, 0.3) is 5.69 Å². The summed E-state index contributed by atoms with van der Waals surface area (Å²) in [6.45, 7) is 3.73. The lowest BCUT2D eigenvalue weighted by Gasteiger charge is -2.39. The van der Waals surface area contributed by atoms with Crippen molar-refractivity contribution in [1.29, 1.82) is 0 Å². The minimum absolute atomic E-state index is 0.0604. The second-order valence-electron chi connectivity index (χ2n) is 8.99. The van der Waals surface area contributed by atoms with E-state index in [0.717, 1.165) is 70.5 Å². The number of rotatable bonds is 9. The first-order valence-corrected chi connectivity index (χ1v) is 11.8. The summed E-state index contributed by atoms with van der Waals surface area (Å²) < 4.78 is 35.0. The van der Waals surface area contributed by atoms with E-state index in [1.165, 1.54) is 13.2 Å². The maximum atomic E-state index is 12.7. The number of pyridine rings is 1. The molecule has 190 valence electrons. The molecule has 1 aromatic carbocycles. The zero-order valence-corrected chi connectivity index (χ0v) is 19.8. The van der Waals surface area contributed by atoms with Crippen molar-refractivity contribution >= 4 is 11.5 Å². The number of hydrogen-bond acceptors (Lipinski definition) is 8. The van der Waals surface area contributed by atoms with Gasteiger partial charge in [0.05, 0.1) is 18.1 Å². The Hall–Kier alpha value is -3.05. The van der Waals surface area contributed by atoms with Gasteiger partial charge in [-0.1, -0.05) is 6.07 Å². The van der Waals surface area contributed by atoms with Crippen molar-refractivity contribution in [2.75, 3.05) is 57.8 Å². The molecule has 1 atom stereocenters. The molecule has 1 unspecified atom stereocenters. The van der Waals surface area contributed by atoms with Crippen LogP contribution in [0.15, 0.2) is 36.5 Å². The van der Waals surface area contributed by atoms with Gasteiger partial charge in [0.15, 0.2) is 11.5 Å². The summed E-state index contributed by atoms with van der Waals surface area (Å²) in [4.78, 5) is 22.5. The van der Waals surface area contributed by atoms with Crippen LogP contribution in [0.4, 0.5) is 20.3 Å². The molecule has 0 radical (unpaired) electrons. The highest BCUT2D eigenvalue weighted by Crippen LogP contribution is 2.36. The molecule has 2 saturated heterocycles. The summed E-state index contributed by atoms with van der Waals surface area (Å²) >= 11 is 0. The van der Waals surface area contributed by atoms with Gasteiger partial charge < -0.3 is 14.4 Å². The van der Waals surface area contributed by atoms with E-state index in [1.807, 2.05) is 24.4 Å². The van der Waals surface area contributed by atoms with Gasteiger partial charge in [0.2, 0.25) is 0 Å². The number of piperidine rings is 1. The predicted molar refractivity (Wildman–Crippen MR) is 127 cm³/mol. The van der Waals surface area contributed by atoms with Crippen LogP contribution >= 0.6 is 0 Å². The predicted octanol–water partition coefficient (Wildman–Crippen LogP) is 3.63. The minimum Gasteiger partial charge on any atom is -0.493 e. The quantitative estimate of drug-likeness (QED) is 0.388. The molecule has 4 rings (SSSR count). The lowest BCUT2D eigenvalue weighted by molar-refractivity contribution is -0.385. The number of likely N-dealkylation sites (tertiary alicyclic amines) is 1. The molecule has 0 bridgehead atoms. The number of methoxy groups -OCH3 is 1. The summed E-state index contributed by atoms with van der Waals surface area (Å²) in [7, 11) is 1.33. The van der Waals surface area contributed by atoms with E-state index < -0.39 is 11.5 Å². The lowest BCUT2D eigenvalue weighted by Crippen LogP contribution is -2.49. The molecule has 11 heteroatoms. The summed E-state index contributed by atoms with van der Waals surface area (Å²) in [5.74, 6) is 1.20. The molecule has 35 heavy (non-hydrogen) atoms. The lowest BCUT2D eigenvalue weighted by atomic mass is 9.96. The maximum Gasteiger partial charge on any atom is 0.387 e. The molecule has 2 aliphatic rings. The number of halogens is 2. The van der Waals surface area contributed by atoms with Gasteiger partial charge in [0, 0.05) is 57.6 Å². The van der Waals surface area contributed by atoms with Gasteiger partial charge in [-0.2, -0.15) is 8.78 Å². The number of piperazine rings is 1. The maximum absolute atomic E-state index is 12.7. The standard InChI is InChI=1S/C24H31F2N5O4/c1-34-21-13-19(20(31(32)33)14-22(21)35-24(25)26)17-29-8-4-5-18(16-29)15-28-9-11-30(12-10-28)23-6-2-3-7-27-23/h2-3,6-7,13-14,18,24H,4-5,8-12,15-17H2,1H3. The third-order valence-electron chi connectivity index (χ3n) is 6.64. The molecule has 3 heterocycles. The van der Waals surface area contributed by atoms with Crippen LogP contribution < -0.4 is 14.4 Å². The molecule has 0 spiro atoms. The third kappa shape index (κ3) is 6.55. The number of benzene rings is 1. The number of nitro benzene ring substituents is 1. The molecule has 0 amide bonds. The van der Waals surface area contributed by atoms with E-state index in [0.29, 0.717) is 18.0 Å². The van der Waals surface area contributed by atoms with Crippen LogP contribution in [-0.4, -0.2) is 79.2 Å². The topological polar surface area (TPSA) is 84.2 Å². The van der Waals surface area contributed by atoms with Crippen LogP contribution in [0.1, 0.15) is 18.4 Å². The highest BCUT2D eigenvalue weighted by Gasteiger charge is 2.28. The highest BCUT2D eigenvalue weighted by molar-refractivity contribution is 5.54. The SMILES string of the molecule is COc1cc(CN2CCCC(CN3CCN(c4ccccn4)CC3)C2)c([N+](=O)[O-])cc1OC(F)F. The van der Waals surface area contributed by atoms with Crippen molar-refractivity contribution in [2.24, 2.45) is 5.92 Å². The zero-order chi connectivity index (χ0) is 24.8. The van der Waals surface area contributed by atoms with Gasteiger partial charge in [-0.3, -0.25) is 19.9 Å². The Labute approximate surface area is 203 Å². The van der Waals surface area contributed by atoms with Gasteiger partial charge in [0.1, 0.15) is 5.82 Å². The molecular weight excluding hydrogens is 460 g/mol. The van der Waals surface area contributed by atoms with Crippen molar-refractivity contribution < 1.29 is 23.2 Å². The average molecular weight is 492 g/mol. The van der Waals surface area contributed by atoms with E-state index >= 15 is 0 Å². The fourth-order valence-corrected chi connectivity index (χ4v) is 4.99. The Bertz CT molecular complexity index is 989. The number of alkyl halides is 2. The average Bonchev–Trinajstić information content (AvgIpc) is 2.85. The highest BCUT2D eigenvalue weighted by atomic mass is 19.3. The monoisotopic (exact) mass is 491 g/mol. The van der Waals surface area contributed by atoms with Crippen molar-refractivity contribution in [2.45, 2.75) is 26.0 Å². The molecule has 2 aromatic rings. The van der Waals surface area contributed by atoms with Crippen LogP contribution in [0.5, 0.6) is 11.5 Å². The van der Waals surface area contributed by atoms with Crippen molar-refractivity contribution in [3.8, 4) is 11.5 Å². The van der Waals surface area contributed by atoms with Crippen molar-refractivity contribution in [1.82, 2.24) is 14.8 Å². The van der Waals surface area contributed by atoms with E-state index in [2.05, 4.69) is 24.4 Å². The summed E-state index contributed by atoms with van der Waals surface area (Å²) in [5, 5.41) is 11.6. The van der Waals surface area contributed by atoms with Gasteiger partial charge >= 0.3 is 6.61 Å². The number of hydrogen-bond donors (Lipinski definition) is 0. The largest absolute Gasteiger partial charge is 0.493 e. The number of nitro groups is 1. The molecule has 0 N–H and O–H groups in total. The van der Waals surface area contributed by atoms with E-state index in [-0.39, 0.29) is 17.2 Å². The van der Waals surface area contributed by atoms with Crippen LogP contribution in [0, 0.1) is 16.0 Å². The first-order chi connectivity index (χ1) is 16.9. The van der Waals surface area contributed by atoms with E-state index in [4.69, 9.17) is 4.74 Å². The fraction of sp³-hybridized carbons (Fsp3) is 0.542. The molecule has 0 aliphatic carbocycles. The number of nitrogens with zero attached hydrogens (tertiary/aromatic N) is 5. The van der Waals surface area contributed by atoms with Gasteiger partial charge in [-0.25, -0.2) is 4.98 Å². The number of anilines is 1. The normalized spacial score (nSPS) is 19.7. The van der Waals surface area contributed by atoms with Gasteiger partial charge in [-0.05, 0) is 43.5 Å². The van der Waals surface area contributed by atoms with Gasteiger partial charge in [-0.15, -0.1) is 0 Å². The van der Waals surface area contributed by atoms with Crippen LogP contribution in [0.25, 0.3) is 0 Å². The summed E-state index contributed by atoms with van der Waals surface area (Å²) in [6, 6.07) is 8.43. The van der Waals surface area contributed by atoms with Crippen LogP contribution in [0.2, 0.25) is 0 Å². The van der Waals surface area contributed by atoms with Crippen LogP contribution in [-0.2, 0) is 6.54 Å². The summed E-state index contributed by atoms with van der Waals surface area (Å²) in [6.07, 6.45) is 3.94. The van der Waals surface area contributed by atoms with Crippen LogP contribution in [0.3, 0.4) is 0 Å². The number of ether oxygens (including phenoxy) is 2. The van der Waals surface area contributed by atoms with E-state index in [9.17, 15) is 18.9 Å². The zero-order valence-electron chi connectivity index (χ0n) is 19.8. The molecular formula is C24H31F2N5O4. The van der Waals surface area contributed by atoms with Crippen molar-refractivity contribution in [3.05, 3.63) is 52.2 Å². The third-order valence-corrected chi connectivity index (χ3v) is 6.64. The molecule has 2 fully saturated rings. The van der Waals surface area contributed by atoms with E-state index in [1.54, 1.807) is 0 Å². The minimum atomic E-state index is -3.09. The smallest absolute Gasteiger partial charge is 0.387 e. The first-order valence-electron chi connectivity index (χ1n) is 11.8. The summed E-state index contributed by atoms with van der Waals surface area (Å²) in [5.41, 5.74) is 0.187. The Kier molecular flexibility index (Phi) is 8.29. The fourth-order valence-electron chi connectivity index (χ4n) is 4.99. The molecule has 9 nitrogen and oxygen atoms in total.